The van der Waals surface area contributed by atoms with Crippen LogP contribution in [0.4, 0.5) is 0 Å². The van der Waals surface area contributed by atoms with Gasteiger partial charge in [0.1, 0.15) is 18.2 Å². The number of nitrogens with one attached hydrogen (secondary N) is 1. The molecular weight excluding hydrogens is 759 g/mol. The molecule has 0 amide bonds. The van der Waals surface area contributed by atoms with Crippen molar-refractivity contribution >= 4 is 15.8 Å². The highest BCUT2D eigenvalue weighted by Crippen LogP contribution is 2.76. The highest BCUT2D eigenvalue weighted by atomic mass is 32.2. The summed E-state index contributed by atoms with van der Waals surface area (Å²) in [6, 6.07) is 0.0756. The van der Waals surface area contributed by atoms with Crippen molar-refractivity contribution in [1.82, 2.24) is 25.2 Å². The Morgan fingerprint density at radius 1 is 0.966 bits per heavy atom. The van der Waals surface area contributed by atoms with Crippen LogP contribution >= 0.6 is 0 Å². The van der Waals surface area contributed by atoms with Crippen LogP contribution in [0.2, 0.25) is 0 Å². The van der Waals surface area contributed by atoms with Crippen molar-refractivity contribution in [2.75, 3.05) is 44.3 Å². The first-order chi connectivity index (χ1) is 27.7. The van der Waals surface area contributed by atoms with E-state index in [0.29, 0.717) is 72.9 Å². The van der Waals surface area contributed by atoms with Crippen molar-refractivity contribution < 1.29 is 23.1 Å². The van der Waals surface area contributed by atoms with E-state index >= 15 is 0 Å². The van der Waals surface area contributed by atoms with Gasteiger partial charge in [0.2, 0.25) is 5.88 Å². The summed E-state index contributed by atoms with van der Waals surface area (Å²) in [6.45, 7) is 27.3. The molecule has 2 N–H and O–H groups in total. The fraction of sp³-hybridized carbons (Fsp3) is 0.812. The van der Waals surface area contributed by atoms with Gasteiger partial charge in [-0.3, -0.25) is 4.79 Å². The number of aromatic nitrogens is 3. The van der Waals surface area contributed by atoms with Crippen molar-refractivity contribution in [2.45, 2.75) is 144 Å². The number of carboxylic acid groups (broad SMARTS) is 1. The molecule has 10 nitrogen and oxygen atoms in total. The van der Waals surface area contributed by atoms with E-state index in [1.165, 1.54) is 68.1 Å². The Hall–Kier alpha value is -2.50. The molecule has 2 heterocycles. The summed E-state index contributed by atoms with van der Waals surface area (Å²) >= 11 is 0. The maximum atomic E-state index is 12.9. The number of hydrogen-bond donors (Lipinski definition) is 2. The lowest BCUT2D eigenvalue weighted by atomic mass is 9.33. The number of allylic oxidation sites excluding steroid dienone is 5. The molecule has 1 aliphatic heterocycles. The molecule has 0 aromatic carbocycles. The second-order valence-corrected chi connectivity index (χ2v) is 24.5. The molecule has 1 aromatic heterocycles. The average molecular weight is 834 g/mol. The summed E-state index contributed by atoms with van der Waals surface area (Å²) in [5, 5.41) is 22.9. The van der Waals surface area contributed by atoms with Gasteiger partial charge in [0.05, 0.1) is 17.5 Å². The Labute approximate surface area is 355 Å². The van der Waals surface area contributed by atoms with E-state index in [1.807, 2.05) is 13.8 Å². The minimum Gasteiger partial charge on any atom is -0.481 e. The summed E-state index contributed by atoms with van der Waals surface area (Å²) in [5.41, 5.74) is 4.03. The van der Waals surface area contributed by atoms with E-state index in [4.69, 9.17) is 4.74 Å². The second kappa shape index (κ2) is 15.1. The van der Waals surface area contributed by atoms with Crippen molar-refractivity contribution in [3.8, 4) is 5.88 Å². The Kier molecular flexibility index (Phi) is 11.0. The summed E-state index contributed by atoms with van der Waals surface area (Å²) in [4.78, 5) is 15.2. The first-order valence-corrected chi connectivity index (χ1v) is 25.0. The maximum Gasteiger partial charge on any atom is 0.313 e. The first-order valence-electron chi connectivity index (χ1n) is 23.2. The number of hydrogen-bond acceptors (Lipinski definition) is 8. The Morgan fingerprint density at radius 2 is 1.71 bits per heavy atom. The molecule has 10 atom stereocenters. The number of nitrogens with zero attached hydrogens (tertiary/aromatic N) is 4. The molecule has 59 heavy (non-hydrogen) atoms. The highest BCUT2D eigenvalue weighted by molar-refractivity contribution is 7.91. The monoisotopic (exact) mass is 834 g/mol. The molecule has 4 unspecified atom stereocenters. The minimum absolute atomic E-state index is 0.00620. The predicted molar refractivity (Wildman–Crippen MR) is 234 cm³/mol. The van der Waals surface area contributed by atoms with Crippen LogP contribution in [0.5, 0.6) is 5.88 Å². The lowest BCUT2D eigenvalue weighted by molar-refractivity contribution is -0.221. The summed E-state index contributed by atoms with van der Waals surface area (Å²) in [7, 11) is -2.88. The van der Waals surface area contributed by atoms with E-state index in [-0.39, 0.29) is 39.8 Å². The van der Waals surface area contributed by atoms with Gasteiger partial charge in [0.25, 0.3) is 0 Å². The molecule has 11 heteroatoms. The van der Waals surface area contributed by atoms with Crippen LogP contribution in [0.3, 0.4) is 0 Å². The fourth-order valence-corrected chi connectivity index (χ4v) is 16.8. The quantitative estimate of drug-likeness (QED) is 0.211. The van der Waals surface area contributed by atoms with Crippen LogP contribution < -0.4 is 10.1 Å². The molecule has 5 fully saturated rings. The zero-order valence-corrected chi connectivity index (χ0v) is 38.4. The number of carbonyl (C=O) groups is 1. The minimum atomic E-state index is -2.88. The van der Waals surface area contributed by atoms with Crippen LogP contribution in [0.25, 0.3) is 0 Å². The SMILES string of the molecule is C=C(C)[C@@H]1CC[C@]2(NCCN3CCS(=O)(=O)CC3)CC[C@]3(C)[C@H](CCC4[C@@]5(C)CC=C(C6=CCC(COc7cnnn7C(C)C)(C(=O)O)CC6)C(C)(C)C5CC[C@]43C)C12. The Morgan fingerprint density at radius 3 is 2.37 bits per heavy atom. The van der Waals surface area contributed by atoms with Gasteiger partial charge < -0.3 is 20.1 Å². The van der Waals surface area contributed by atoms with Gasteiger partial charge >= 0.3 is 5.97 Å². The topological polar surface area (TPSA) is 127 Å². The number of ether oxygens (including phenoxy) is 1. The second-order valence-electron chi connectivity index (χ2n) is 22.2. The normalized spacial score (nSPS) is 41.5. The van der Waals surface area contributed by atoms with Crippen LogP contribution in [0.1, 0.15) is 138 Å². The first kappa shape index (κ1) is 43.2. The molecule has 1 aromatic rings. The number of aliphatic carboxylic acids is 1. The largest absolute Gasteiger partial charge is 0.481 e. The molecule has 8 rings (SSSR count). The summed E-state index contributed by atoms with van der Waals surface area (Å²) in [6.07, 6.45) is 19.3. The Bertz CT molecular complexity index is 1970. The molecule has 0 spiro atoms. The van der Waals surface area contributed by atoms with E-state index in [1.54, 1.807) is 10.9 Å². The lowest BCUT2D eigenvalue weighted by Gasteiger charge is -2.72. The number of sulfone groups is 1. The van der Waals surface area contributed by atoms with Crippen molar-refractivity contribution in [3.63, 3.8) is 0 Å². The van der Waals surface area contributed by atoms with Crippen molar-refractivity contribution in [2.24, 2.45) is 56.7 Å². The molecular formula is C48H75N5O5S. The third-order valence-electron chi connectivity index (χ3n) is 18.9. The molecule has 1 saturated heterocycles. The van der Waals surface area contributed by atoms with E-state index in [2.05, 4.69) is 80.8 Å². The van der Waals surface area contributed by atoms with E-state index in [0.717, 1.165) is 25.9 Å². The van der Waals surface area contributed by atoms with E-state index in [9.17, 15) is 18.3 Å². The van der Waals surface area contributed by atoms with Gasteiger partial charge in [-0.1, -0.05) is 64.1 Å². The van der Waals surface area contributed by atoms with Gasteiger partial charge in [-0.25, -0.2) is 13.1 Å². The summed E-state index contributed by atoms with van der Waals surface area (Å²) < 4.78 is 32.0. The van der Waals surface area contributed by atoms with Gasteiger partial charge in [-0.15, -0.1) is 5.10 Å². The smallest absolute Gasteiger partial charge is 0.313 e. The number of fused-ring (bicyclic) bond motifs is 7. The number of rotatable bonds is 11. The lowest BCUT2D eigenvalue weighted by Crippen LogP contribution is -2.68. The van der Waals surface area contributed by atoms with Crippen LogP contribution in [-0.2, 0) is 14.6 Å². The summed E-state index contributed by atoms with van der Waals surface area (Å²) in [5.74, 6) is 3.32. The van der Waals surface area contributed by atoms with Crippen LogP contribution in [-0.4, -0.2) is 89.2 Å². The molecule has 7 aliphatic rings. The van der Waals surface area contributed by atoms with Crippen molar-refractivity contribution in [1.29, 1.82) is 0 Å². The average Bonchev–Trinajstić information content (AvgIpc) is 3.81. The standard InChI is InChI=1S/C48H75N5O5S/c1-32(2)35-14-21-48(49-24-25-52-26-28-59(56,57)29-27-52)23-22-45(8)37(41(35)48)10-11-39-44(7)17-15-36(43(5,6)38(44)16-18-46(39,45)9)34-12-19-47(20-13-34,42(54)55)31-58-40-30-50-51-53(40)33(3)4/h12,15,30,33,35,37-39,41,49H,1,10-11,13-14,16-29,31H2,2-9H3,(H,54,55)/t35-,37+,38?,39?,41?,44-,45+,46+,47?,48-/m0/s1. The van der Waals surface area contributed by atoms with Gasteiger partial charge in [0, 0.05) is 31.7 Å². The van der Waals surface area contributed by atoms with Crippen molar-refractivity contribution in [3.05, 3.63) is 41.6 Å². The molecule has 0 bridgehead atoms. The van der Waals surface area contributed by atoms with Crippen LogP contribution in [0, 0.1) is 56.7 Å². The third-order valence-corrected chi connectivity index (χ3v) is 20.5. The Balaban J connectivity index is 1.00. The highest BCUT2D eigenvalue weighted by Gasteiger charge is 2.70. The zero-order valence-electron chi connectivity index (χ0n) is 37.6. The van der Waals surface area contributed by atoms with Gasteiger partial charge in [0.15, 0.2) is 9.84 Å². The van der Waals surface area contributed by atoms with E-state index < -0.39 is 21.2 Å². The molecule has 4 saturated carbocycles. The zero-order chi connectivity index (χ0) is 42.4. The fourth-order valence-electron chi connectivity index (χ4n) is 15.5. The molecule has 0 radical (unpaired) electrons. The predicted octanol–water partition coefficient (Wildman–Crippen LogP) is 8.69. The number of carboxylic acids is 1. The van der Waals surface area contributed by atoms with Gasteiger partial charge in [-0.05, 0) is 160 Å². The molecule has 6 aliphatic carbocycles. The molecule has 328 valence electrons. The van der Waals surface area contributed by atoms with Crippen LogP contribution in [0.15, 0.2) is 41.6 Å². The third kappa shape index (κ3) is 6.92. The maximum absolute atomic E-state index is 12.9. The van der Waals surface area contributed by atoms with Gasteiger partial charge in [-0.2, -0.15) is 0 Å².